The Labute approximate surface area is 75.9 Å². The number of nitrogen functional groups attached to an aromatic ring is 1. The second-order valence-corrected chi connectivity index (χ2v) is 2.47. The highest BCUT2D eigenvalue weighted by Crippen LogP contribution is 2.33. The minimum absolute atomic E-state index is 0.0750. The van der Waals surface area contributed by atoms with Crippen molar-refractivity contribution in [1.29, 1.82) is 0 Å². The first kappa shape index (κ1) is 9.38. The number of phenolic OH excluding ortho intramolecular Hbond substituents is 1. The quantitative estimate of drug-likeness (QED) is 0.417. The van der Waals surface area contributed by atoms with E-state index in [1.54, 1.807) is 6.92 Å². The third-order valence-corrected chi connectivity index (χ3v) is 1.62. The zero-order valence-electron chi connectivity index (χ0n) is 7.28. The van der Waals surface area contributed by atoms with Crippen molar-refractivity contribution in [3.05, 3.63) is 17.7 Å². The zero-order chi connectivity index (χ0) is 9.84. The Balaban J connectivity index is 3.23. The molecule has 0 heterocycles. The molecule has 0 unspecified atom stereocenters. The second-order valence-electron chi connectivity index (χ2n) is 2.47. The molecule has 0 amide bonds. The lowest BCUT2D eigenvalue weighted by Crippen LogP contribution is -2.00. The van der Waals surface area contributed by atoms with Gasteiger partial charge < -0.3 is 15.6 Å². The predicted molar refractivity (Wildman–Crippen MR) is 49.1 cm³/mol. The van der Waals surface area contributed by atoms with Crippen molar-refractivity contribution in [2.45, 2.75) is 6.92 Å². The number of hydrogen-bond donors (Lipinski definition) is 2. The predicted octanol–water partition coefficient (Wildman–Crippen LogP) is 1.19. The van der Waals surface area contributed by atoms with E-state index in [4.69, 9.17) is 10.5 Å². The van der Waals surface area contributed by atoms with Gasteiger partial charge in [-0.05, 0) is 19.1 Å². The van der Waals surface area contributed by atoms with Gasteiger partial charge in [-0.15, -0.1) is 0 Å². The number of aromatic hydroxyl groups is 1. The van der Waals surface area contributed by atoms with Gasteiger partial charge in [0.1, 0.15) is 11.4 Å². The number of anilines is 1. The Morgan fingerprint density at radius 2 is 2.31 bits per heavy atom. The fourth-order valence-corrected chi connectivity index (χ4v) is 1.00. The molecule has 1 aromatic carbocycles. The Kier molecular flexibility index (Phi) is 2.74. The third kappa shape index (κ3) is 1.72. The third-order valence-electron chi connectivity index (χ3n) is 1.62. The van der Waals surface area contributed by atoms with Crippen LogP contribution in [0.3, 0.4) is 0 Å². The summed E-state index contributed by atoms with van der Waals surface area (Å²) in [6, 6.07) is 2.82. The Morgan fingerprint density at radius 3 is 2.85 bits per heavy atom. The maximum atomic E-state index is 10.5. The summed E-state index contributed by atoms with van der Waals surface area (Å²) in [5.41, 5.74) is 5.96. The number of hydrogen-bond acceptors (Lipinski definition) is 4. The summed E-state index contributed by atoms with van der Waals surface area (Å²) >= 11 is 0. The first-order valence-corrected chi connectivity index (χ1v) is 3.90. The number of carbonyl (C=O) groups excluding carboxylic acids is 1. The molecule has 1 aromatic rings. The molecule has 0 aliphatic heterocycles. The maximum absolute atomic E-state index is 10.5. The van der Waals surface area contributed by atoms with Crippen LogP contribution < -0.4 is 10.5 Å². The molecule has 0 fully saturated rings. The molecule has 3 N–H and O–H groups in total. The average Bonchev–Trinajstić information content (AvgIpc) is 2.14. The summed E-state index contributed by atoms with van der Waals surface area (Å²) in [5, 5.41) is 9.23. The van der Waals surface area contributed by atoms with Gasteiger partial charge in [0.15, 0.2) is 12.0 Å². The highest BCUT2D eigenvalue weighted by atomic mass is 16.5. The number of nitrogens with two attached hydrogens (primary N) is 1. The van der Waals surface area contributed by atoms with E-state index in [9.17, 15) is 9.90 Å². The number of benzene rings is 1. The van der Waals surface area contributed by atoms with Crippen LogP contribution in [0, 0.1) is 0 Å². The lowest BCUT2D eigenvalue weighted by Gasteiger charge is -2.09. The summed E-state index contributed by atoms with van der Waals surface area (Å²) in [7, 11) is 0. The van der Waals surface area contributed by atoms with Gasteiger partial charge >= 0.3 is 0 Å². The normalized spacial score (nSPS) is 9.62. The molecular weight excluding hydrogens is 170 g/mol. The molecule has 0 spiro atoms. The van der Waals surface area contributed by atoms with Crippen LogP contribution in [0.4, 0.5) is 5.69 Å². The van der Waals surface area contributed by atoms with E-state index < -0.39 is 0 Å². The number of rotatable bonds is 3. The minimum atomic E-state index is -0.0750. The van der Waals surface area contributed by atoms with Crippen LogP contribution in [0.2, 0.25) is 0 Å². The topological polar surface area (TPSA) is 72.5 Å². The monoisotopic (exact) mass is 181 g/mol. The van der Waals surface area contributed by atoms with Crippen LogP contribution in [0.25, 0.3) is 0 Å². The van der Waals surface area contributed by atoms with Gasteiger partial charge in [-0.3, -0.25) is 4.79 Å². The van der Waals surface area contributed by atoms with Crippen molar-refractivity contribution in [3.8, 4) is 11.5 Å². The molecule has 0 aliphatic rings. The van der Waals surface area contributed by atoms with E-state index in [0.717, 1.165) is 0 Å². The van der Waals surface area contributed by atoms with E-state index in [1.807, 2.05) is 0 Å². The first-order chi connectivity index (χ1) is 6.20. The molecule has 1 rings (SSSR count). The van der Waals surface area contributed by atoms with Crippen LogP contribution in [-0.4, -0.2) is 18.0 Å². The molecule has 13 heavy (non-hydrogen) atoms. The van der Waals surface area contributed by atoms with Crippen LogP contribution in [-0.2, 0) is 0 Å². The van der Waals surface area contributed by atoms with E-state index in [1.165, 1.54) is 12.1 Å². The smallest absolute Gasteiger partial charge is 0.156 e. The molecular formula is C9H11NO3. The average molecular weight is 181 g/mol. The summed E-state index contributed by atoms with van der Waals surface area (Å²) in [6.45, 7) is 2.17. The fourth-order valence-electron chi connectivity index (χ4n) is 1.00. The van der Waals surface area contributed by atoms with E-state index >= 15 is 0 Å². The highest BCUT2D eigenvalue weighted by Gasteiger charge is 2.10. The van der Waals surface area contributed by atoms with Crippen LogP contribution in [0.1, 0.15) is 17.3 Å². The van der Waals surface area contributed by atoms with Crippen molar-refractivity contribution < 1.29 is 14.6 Å². The zero-order valence-corrected chi connectivity index (χ0v) is 7.28. The molecule has 0 aromatic heterocycles. The lowest BCUT2D eigenvalue weighted by atomic mass is 10.2. The van der Waals surface area contributed by atoms with Gasteiger partial charge in [-0.1, -0.05) is 0 Å². The summed E-state index contributed by atoms with van der Waals surface area (Å²) in [4.78, 5) is 10.5. The summed E-state index contributed by atoms with van der Waals surface area (Å²) in [6.07, 6.45) is 0.640. The molecule has 0 radical (unpaired) electrons. The SMILES string of the molecule is CCOc1c(C=O)ccc(O)c1N. The number of ether oxygens (including phenoxy) is 1. The fraction of sp³-hybridized carbons (Fsp3) is 0.222. The first-order valence-electron chi connectivity index (χ1n) is 3.90. The van der Waals surface area contributed by atoms with Gasteiger partial charge in [-0.25, -0.2) is 0 Å². The van der Waals surface area contributed by atoms with Gasteiger partial charge in [-0.2, -0.15) is 0 Å². The van der Waals surface area contributed by atoms with Gasteiger partial charge in [0.25, 0.3) is 0 Å². The Morgan fingerprint density at radius 1 is 1.62 bits per heavy atom. The largest absolute Gasteiger partial charge is 0.506 e. The Hall–Kier alpha value is -1.71. The molecule has 70 valence electrons. The van der Waals surface area contributed by atoms with Crippen molar-refractivity contribution >= 4 is 12.0 Å². The van der Waals surface area contributed by atoms with Crippen LogP contribution in [0.15, 0.2) is 12.1 Å². The second kappa shape index (κ2) is 3.80. The maximum Gasteiger partial charge on any atom is 0.156 e. The highest BCUT2D eigenvalue weighted by molar-refractivity contribution is 5.85. The number of carbonyl (C=O) groups is 1. The van der Waals surface area contributed by atoms with E-state index in [2.05, 4.69) is 0 Å². The van der Waals surface area contributed by atoms with Gasteiger partial charge in [0.05, 0.1) is 12.2 Å². The van der Waals surface area contributed by atoms with Crippen LogP contribution in [0.5, 0.6) is 11.5 Å². The van der Waals surface area contributed by atoms with Crippen molar-refractivity contribution in [1.82, 2.24) is 0 Å². The van der Waals surface area contributed by atoms with Gasteiger partial charge in [0.2, 0.25) is 0 Å². The molecule has 0 aliphatic carbocycles. The molecule has 4 heteroatoms. The number of phenols is 1. The lowest BCUT2D eigenvalue weighted by molar-refractivity contribution is 0.112. The molecule has 0 atom stereocenters. The molecule has 0 bridgehead atoms. The van der Waals surface area contributed by atoms with Crippen LogP contribution >= 0.6 is 0 Å². The molecule has 0 saturated carbocycles. The number of aldehydes is 1. The van der Waals surface area contributed by atoms with Crippen molar-refractivity contribution in [2.24, 2.45) is 0 Å². The summed E-state index contributed by atoms with van der Waals surface area (Å²) in [5.74, 6) is 0.173. The van der Waals surface area contributed by atoms with Crippen molar-refractivity contribution in [2.75, 3.05) is 12.3 Å². The molecule has 4 nitrogen and oxygen atoms in total. The van der Waals surface area contributed by atoms with Crippen molar-refractivity contribution in [3.63, 3.8) is 0 Å². The molecule has 0 saturated heterocycles. The Bertz CT molecular complexity index is 323. The van der Waals surface area contributed by atoms with E-state index in [-0.39, 0.29) is 17.2 Å². The minimum Gasteiger partial charge on any atom is -0.506 e. The summed E-state index contributed by atoms with van der Waals surface area (Å²) < 4.78 is 5.12. The van der Waals surface area contributed by atoms with Gasteiger partial charge in [0, 0.05) is 0 Å². The standard InChI is InChI=1S/C9H11NO3/c1-2-13-9-6(5-11)3-4-7(12)8(9)10/h3-5,12H,2,10H2,1H3. The van der Waals surface area contributed by atoms with E-state index in [0.29, 0.717) is 18.5 Å².